The van der Waals surface area contributed by atoms with Gasteiger partial charge >= 0.3 is 0 Å². The molecule has 4 heteroatoms. The zero-order valence-corrected chi connectivity index (χ0v) is 14.0. The maximum absolute atomic E-state index is 10.7. The van der Waals surface area contributed by atoms with E-state index in [1.807, 2.05) is 39.8 Å². The van der Waals surface area contributed by atoms with Gasteiger partial charge in [0.15, 0.2) is 0 Å². The van der Waals surface area contributed by atoms with Gasteiger partial charge in [0.2, 0.25) is 5.91 Å². The first-order valence-corrected chi connectivity index (χ1v) is 7.24. The van der Waals surface area contributed by atoms with E-state index in [0.717, 1.165) is 11.1 Å². The summed E-state index contributed by atoms with van der Waals surface area (Å²) in [5.74, 6) is -0.367. The summed E-state index contributed by atoms with van der Waals surface area (Å²) in [5, 5.41) is -0.395. The lowest BCUT2D eigenvalue weighted by molar-refractivity contribution is 0.0999. The van der Waals surface area contributed by atoms with Crippen LogP contribution in [0.25, 0.3) is 0 Å². The molecule has 0 fully saturated rings. The first kappa shape index (κ1) is 20.9. The summed E-state index contributed by atoms with van der Waals surface area (Å²) in [6.45, 7) is 7.92. The molecule has 1 amide bonds. The number of amides is 1. The van der Waals surface area contributed by atoms with Gasteiger partial charge in [0.05, 0.1) is 0 Å². The van der Waals surface area contributed by atoms with Gasteiger partial charge in [-0.3, -0.25) is 9.59 Å². The molecule has 124 valence electrons. The molecule has 2 aromatic rings. The van der Waals surface area contributed by atoms with Crippen molar-refractivity contribution >= 4 is 22.8 Å². The first-order chi connectivity index (χ1) is 10.2. The normalized spacial score (nSPS) is 9.26. The lowest BCUT2D eigenvalue weighted by Gasteiger charge is -2.00. The van der Waals surface area contributed by atoms with Gasteiger partial charge in [-0.2, -0.15) is 0 Å². The van der Waals surface area contributed by atoms with E-state index in [4.69, 9.17) is 17.3 Å². The predicted octanol–water partition coefficient (Wildman–Crippen LogP) is 4.72. The Balaban J connectivity index is 0.000000403. The smallest absolute Gasteiger partial charge is 0.252 e. The Morgan fingerprint density at radius 3 is 1.52 bits per heavy atom. The Bertz CT molecular complexity index is 647. The summed E-state index contributed by atoms with van der Waals surface area (Å²) in [5.41, 5.74) is 10.8. The number of hydrogen-bond donors (Lipinski definition) is 1. The minimum Gasteiger partial charge on any atom is -0.366 e. The molecule has 0 saturated heterocycles. The van der Waals surface area contributed by atoms with Gasteiger partial charge in [0, 0.05) is 11.1 Å². The highest BCUT2D eigenvalue weighted by molar-refractivity contribution is 6.67. The molecule has 0 aliphatic heterocycles. The molecule has 0 spiro atoms. The van der Waals surface area contributed by atoms with E-state index < -0.39 is 5.24 Å². The molecule has 0 unspecified atom stereocenters. The molecule has 0 radical (unpaired) electrons. The summed E-state index contributed by atoms with van der Waals surface area (Å²) in [4.78, 5) is 21.4. The van der Waals surface area contributed by atoms with Crippen molar-refractivity contribution in [3.8, 4) is 0 Å². The predicted molar refractivity (Wildman–Crippen MR) is 97.3 cm³/mol. The van der Waals surface area contributed by atoms with Crippen molar-refractivity contribution in [1.29, 1.82) is 0 Å². The highest BCUT2D eigenvalue weighted by atomic mass is 35.5. The average molecular weight is 334 g/mol. The molecule has 23 heavy (non-hydrogen) atoms. The zero-order chi connectivity index (χ0) is 16.9. The number of primary amides is 1. The number of halogens is 1. The number of hydrogen-bond acceptors (Lipinski definition) is 2. The quantitative estimate of drug-likeness (QED) is 0.808. The van der Waals surface area contributed by atoms with Crippen molar-refractivity contribution in [3.63, 3.8) is 0 Å². The number of rotatable bonds is 2. The van der Waals surface area contributed by atoms with Crippen LogP contribution in [-0.4, -0.2) is 11.1 Å². The SMILES string of the molecule is C.Cc1ccc(C(=O)Cl)cc1C.Cc1ccc(C(N)=O)cc1C. The lowest BCUT2D eigenvalue weighted by atomic mass is 10.1. The number of aryl methyl sites for hydroxylation is 4. The number of benzene rings is 2. The van der Waals surface area contributed by atoms with Crippen LogP contribution in [0.3, 0.4) is 0 Å². The average Bonchev–Trinajstić information content (AvgIpc) is 2.45. The van der Waals surface area contributed by atoms with Crippen molar-refractivity contribution in [2.24, 2.45) is 5.73 Å². The molecule has 2 aromatic carbocycles. The third-order valence-corrected chi connectivity index (χ3v) is 3.74. The summed E-state index contributed by atoms with van der Waals surface area (Å²) in [6, 6.07) is 10.9. The molecule has 0 aliphatic carbocycles. The Hall–Kier alpha value is -2.13. The summed E-state index contributed by atoms with van der Waals surface area (Å²) < 4.78 is 0. The molecular weight excluding hydrogens is 310 g/mol. The Kier molecular flexibility index (Phi) is 8.27. The minimum absolute atomic E-state index is 0. The molecule has 0 saturated carbocycles. The third-order valence-electron chi connectivity index (χ3n) is 3.53. The van der Waals surface area contributed by atoms with Gasteiger partial charge in [0.25, 0.3) is 5.24 Å². The summed E-state index contributed by atoms with van der Waals surface area (Å²) in [7, 11) is 0. The fourth-order valence-corrected chi connectivity index (χ4v) is 1.88. The molecular formula is C19H24ClNO2. The van der Waals surface area contributed by atoms with Crippen LogP contribution in [-0.2, 0) is 0 Å². The van der Waals surface area contributed by atoms with Crippen molar-refractivity contribution in [2.45, 2.75) is 35.1 Å². The molecule has 0 aromatic heterocycles. The van der Waals surface area contributed by atoms with Crippen molar-refractivity contribution < 1.29 is 9.59 Å². The molecule has 0 heterocycles. The number of carbonyl (C=O) groups is 2. The number of nitrogens with two attached hydrogens (primary N) is 1. The maximum Gasteiger partial charge on any atom is 0.252 e. The largest absolute Gasteiger partial charge is 0.366 e. The topological polar surface area (TPSA) is 60.2 Å². The zero-order valence-electron chi connectivity index (χ0n) is 13.2. The van der Waals surface area contributed by atoms with Crippen molar-refractivity contribution in [1.82, 2.24) is 0 Å². The fraction of sp³-hybridized carbons (Fsp3) is 0.263. The van der Waals surface area contributed by atoms with Gasteiger partial charge in [-0.15, -0.1) is 0 Å². The molecule has 2 rings (SSSR count). The summed E-state index contributed by atoms with van der Waals surface area (Å²) >= 11 is 5.29. The molecule has 0 aliphatic rings. The molecule has 0 bridgehead atoms. The second kappa shape index (κ2) is 9.11. The van der Waals surface area contributed by atoms with Gasteiger partial charge in [-0.25, -0.2) is 0 Å². The third kappa shape index (κ3) is 6.25. The van der Waals surface area contributed by atoms with Crippen LogP contribution in [0, 0.1) is 27.7 Å². The Morgan fingerprint density at radius 2 is 1.17 bits per heavy atom. The monoisotopic (exact) mass is 333 g/mol. The molecule has 0 atom stereocenters. The number of carbonyl (C=O) groups excluding carboxylic acids is 2. The lowest BCUT2D eigenvalue weighted by Crippen LogP contribution is -2.10. The van der Waals surface area contributed by atoms with Gasteiger partial charge in [-0.1, -0.05) is 19.6 Å². The second-order valence-corrected chi connectivity index (χ2v) is 5.58. The Labute approximate surface area is 143 Å². The van der Waals surface area contributed by atoms with Gasteiger partial charge < -0.3 is 5.73 Å². The van der Waals surface area contributed by atoms with Crippen LogP contribution in [0.5, 0.6) is 0 Å². The second-order valence-electron chi connectivity index (χ2n) is 5.24. The van der Waals surface area contributed by atoms with Gasteiger partial charge in [0.1, 0.15) is 0 Å². The van der Waals surface area contributed by atoms with E-state index in [2.05, 4.69) is 0 Å². The van der Waals surface area contributed by atoms with Gasteiger partial charge in [-0.05, 0) is 85.8 Å². The van der Waals surface area contributed by atoms with Crippen molar-refractivity contribution in [2.75, 3.05) is 0 Å². The highest BCUT2D eigenvalue weighted by Crippen LogP contribution is 2.11. The fourth-order valence-electron chi connectivity index (χ4n) is 1.76. The van der Waals surface area contributed by atoms with E-state index in [-0.39, 0.29) is 13.3 Å². The molecule has 2 N–H and O–H groups in total. The van der Waals surface area contributed by atoms with E-state index in [0.29, 0.717) is 11.1 Å². The highest BCUT2D eigenvalue weighted by Gasteiger charge is 2.01. The Morgan fingerprint density at radius 1 is 0.783 bits per heavy atom. The van der Waals surface area contributed by atoms with E-state index >= 15 is 0 Å². The van der Waals surface area contributed by atoms with Crippen LogP contribution in [0.1, 0.15) is 50.4 Å². The maximum atomic E-state index is 10.7. The van der Waals surface area contributed by atoms with Crippen LogP contribution >= 0.6 is 11.6 Å². The molecule has 3 nitrogen and oxygen atoms in total. The first-order valence-electron chi connectivity index (χ1n) is 6.86. The van der Waals surface area contributed by atoms with E-state index in [1.165, 1.54) is 11.1 Å². The minimum atomic E-state index is -0.395. The standard InChI is InChI=1S/C9H9ClO.C9H11NO.CH4/c2*1-6-3-4-8(9(10)11)5-7(6)2;/h3-5H,1-2H3;3-5H,1-2H3,(H2,10,11);1H4. The van der Waals surface area contributed by atoms with Crippen LogP contribution in [0.4, 0.5) is 0 Å². The van der Waals surface area contributed by atoms with Crippen molar-refractivity contribution in [3.05, 3.63) is 69.8 Å². The van der Waals surface area contributed by atoms with E-state index in [1.54, 1.807) is 24.3 Å². The van der Waals surface area contributed by atoms with Crippen LogP contribution in [0.15, 0.2) is 36.4 Å². The van der Waals surface area contributed by atoms with Crippen LogP contribution in [0.2, 0.25) is 0 Å². The van der Waals surface area contributed by atoms with E-state index in [9.17, 15) is 9.59 Å². The van der Waals surface area contributed by atoms with Crippen LogP contribution < -0.4 is 5.73 Å². The summed E-state index contributed by atoms with van der Waals surface area (Å²) in [6.07, 6.45) is 0.